The third-order valence-electron chi connectivity index (χ3n) is 1.98. The molecule has 6 nitrogen and oxygen atoms in total. The quantitative estimate of drug-likeness (QED) is 0.702. The van der Waals surface area contributed by atoms with Gasteiger partial charge >= 0.3 is 0 Å². The van der Waals surface area contributed by atoms with Crippen molar-refractivity contribution >= 4 is 15.8 Å². The Balaban J connectivity index is 2.97. The second kappa shape index (κ2) is 3.82. The van der Waals surface area contributed by atoms with Crippen LogP contribution in [0.2, 0.25) is 0 Å². The molecule has 0 saturated heterocycles. The van der Waals surface area contributed by atoms with Crippen LogP contribution >= 0.6 is 0 Å². The molecule has 15 heavy (non-hydrogen) atoms. The number of nitrogens with zero attached hydrogens (tertiary/aromatic N) is 1. The van der Waals surface area contributed by atoms with Gasteiger partial charge < -0.3 is 5.73 Å². The van der Waals surface area contributed by atoms with Gasteiger partial charge in [-0.3, -0.25) is 9.82 Å². The summed E-state index contributed by atoms with van der Waals surface area (Å²) in [5, 5.41) is 6.29. The minimum atomic E-state index is -3.43. The van der Waals surface area contributed by atoms with E-state index in [2.05, 4.69) is 14.9 Å². The number of aromatic amines is 1. The summed E-state index contributed by atoms with van der Waals surface area (Å²) in [4.78, 5) is 0. The molecule has 7 heteroatoms. The smallest absolute Gasteiger partial charge is 0.238 e. The maximum atomic E-state index is 11.8. The fourth-order valence-corrected chi connectivity index (χ4v) is 1.59. The molecular weight excluding hydrogens is 216 g/mol. The van der Waals surface area contributed by atoms with Gasteiger partial charge in [-0.25, -0.2) is 8.42 Å². The summed E-state index contributed by atoms with van der Waals surface area (Å²) in [6.45, 7) is 5.09. The molecule has 1 rings (SSSR count). The van der Waals surface area contributed by atoms with Crippen LogP contribution in [-0.4, -0.2) is 23.4 Å². The van der Waals surface area contributed by atoms with E-state index in [9.17, 15) is 8.42 Å². The van der Waals surface area contributed by atoms with Crippen molar-refractivity contribution in [3.05, 3.63) is 11.8 Å². The predicted molar refractivity (Wildman–Crippen MR) is 58.8 cm³/mol. The number of sulfonamides is 1. The molecule has 0 spiro atoms. The van der Waals surface area contributed by atoms with Gasteiger partial charge in [-0.15, -0.1) is 0 Å². The normalized spacial score (nSPS) is 12.8. The Hall–Kier alpha value is -1.08. The van der Waals surface area contributed by atoms with Crippen LogP contribution in [0, 0.1) is 0 Å². The van der Waals surface area contributed by atoms with Crippen LogP contribution in [0.15, 0.2) is 6.20 Å². The topological polar surface area (TPSA) is 101 Å². The Morgan fingerprint density at radius 2 is 2.13 bits per heavy atom. The van der Waals surface area contributed by atoms with E-state index in [1.54, 1.807) is 20.8 Å². The summed E-state index contributed by atoms with van der Waals surface area (Å²) in [5.74, 6) is 0.340. The van der Waals surface area contributed by atoms with Gasteiger partial charge in [-0.2, -0.15) is 5.10 Å². The molecule has 4 N–H and O–H groups in total. The number of hydrogen-bond acceptors (Lipinski definition) is 4. The van der Waals surface area contributed by atoms with E-state index in [1.165, 1.54) is 6.20 Å². The monoisotopic (exact) mass is 232 g/mol. The van der Waals surface area contributed by atoms with Crippen molar-refractivity contribution in [3.8, 4) is 0 Å². The van der Waals surface area contributed by atoms with Gasteiger partial charge in [-0.05, 0) is 20.8 Å². The summed E-state index contributed by atoms with van der Waals surface area (Å²) in [6.07, 6.45) is 1.50. The molecule has 0 radical (unpaired) electrons. The van der Waals surface area contributed by atoms with Crippen LogP contribution in [0.5, 0.6) is 0 Å². The number of rotatable bonds is 3. The van der Waals surface area contributed by atoms with Crippen molar-refractivity contribution in [3.63, 3.8) is 0 Å². The summed E-state index contributed by atoms with van der Waals surface area (Å²) >= 11 is 0. The predicted octanol–water partition coefficient (Wildman–Crippen LogP) is 0.409. The molecular formula is C8H16N4O2S. The maximum Gasteiger partial charge on any atom is 0.238 e. The van der Waals surface area contributed by atoms with Crippen LogP contribution < -0.4 is 10.5 Å². The van der Waals surface area contributed by atoms with Crippen molar-refractivity contribution in [2.24, 2.45) is 5.73 Å². The second-order valence-electron chi connectivity index (χ2n) is 4.19. The lowest BCUT2D eigenvalue weighted by Gasteiger charge is -2.19. The number of nitrogens with two attached hydrogens (primary N) is 1. The van der Waals surface area contributed by atoms with Crippen LogP contribution in [0.3, 0.4) is 0 Å². The van der Waals surface area contributed by atoms with Crippen molar-refractivity contribution in [2.45, 2.75) is 32.1 Å². The number of hydrogen-bond donors (Lipinski definition) is 3. The van der Waals surface area contributed by atoms with Gasteiger partial charge in [-0.1, -0.05) is 0 Å². The van der Waals surface area contributed by atoms with E-state index in [-0.39, 0.29) is 6.54 Å². The molecule has 1 heterocycles. The van der Waals surface area contributed by atoms with Crippen molar-refractivity contribution in [1.82, 2.24) is 10.2 Å². The van der Waals surface area contributed by atoms with Crippen molar-refractivity contribution in [1.29, 1.82) is 0 Å². The Kier molecular flexibility index (Phi) is 3.05. The fraction of sp³-hybridized carbons (Fsp3) is 0.625. The summed E-state index contributed by atoms with van der Waals surface area (Å²) < 4.78 is 25.1. The minimum Gasteiger partial charge on any atom is -0.326 e. The zero-order valence-electron chi connectivity index (χ0n) is 9.03. The van der Waals surface area contributed by atoms with Gasteiger partial charge in [0.15, 0.2) is 0 Å². The molecule has 0 fully saturated rings. The second-order valence-corrected chi connectivity index (χ2v) is 6.63. The molecule has 0 atom stereocenters. The molecule has 0 bridgehead atoms. The lowest BCUT2D eigenvalue weighted by Crippen LogP contribution is -2.34. The zero-order valence-corrected chi connectivity index (χ0v) is 9.85. The molecule has 0 aliphatic rings. The Morgan fingerprint density at radius 3 is 2.60 bits per heavy atom. The Bertz CT molecular complexity index is 430. The molecule has 0 saturated carbocycles. The van der Waals surface area contributed by atoms with Crippen LogP contribution in [0.4, 0.5) is 5.82 Å². The van der Waals surface area contributed by atoms with E-state index in [0.29, 0.717) is 11.4 Å². The Labute approximate surface area is 89.3 Å². The highest BCUT2D eigenvalue weighted by Crippen LogP contribution is 2.19. The highest BCUT2D eigenvalue weighted by Gasteiger charge is 2.29. The number of anilines is 1. The molecule has 0 aliphatic heterocycles. The van der Waals surface area contributed by atoms with Crippen LogP contribution in [0.1, 0.15) is 26.3 Å². The van der Waals surface area contributed by atoms with Gasteiger partial charge in [0.05, 0.1) is 10.9 Å². The van der Waals surface area contributed by atoms with Gasteiger partial charge in [0.2, 0.25) is 10.0 Å². The average molecular weight is 232 g/mol. The SMILES string of the molecule is CC(C)(C)S(=O)(=O)Nc1[nH]ncc1CN. The van der Waals surface area contributed by atoms with Crippen LogP contribution in [-0.2, 0) is 16.6 Å². The number of H-pyrrole nitrogens is 1. The van der Waals surface area contributed by atoms with E-state index >= 15 is 0 Å². The molecule has 0 aliphatic carbocycles. The maximum absolute atomic E-state index is 11.8. The molecule has 1 aromatic rings. The summed E-state index contributed by atoms with van der Waals surface area (Å²) in [7, 11) is -3.43. The molecule has 0 amide bonds. The standard InChI is InChI=1S/C8H16N4O2S/c1-8(2,3)15(13,14)12-7-6(4-9)5-10-11-7/h5H,4,9H2,1-3H3,(H2,10,11,12). The van der Waals surface area contributed by atoms with Crippen molar-refractivity contribution in [2.75, 3.05) is 4.72 Å². The van der Waals surface area contributed by atoms with E-state index in [1.807, 2.05) is 0 Å². The van der Waals surface area contributed by atoms with Crippen molar-refractivity contribution < 1.29 is 8.42 Å². The summed E-state index contributed by atoms with van der Waals surface area (Å²) in [6, 6.07) is 0. The average Bonchev–Trinajstić information content (AvgIpc) is 2.48. The first-order valence-corrected chi connectivity index (χ1v) is 6.01. The lowest BCUT2D eigenvalue weighted by molar-refractivity contribution is 0.565. The molecule has 1 aromatic heterocycles. The highest BCUT2D eigenvalue weighted by atomic mass is 32.2. The van der Waals surface area contributed by atoms with E-state index in [0.717, 1.165) is 0 Å². The zero-order chi connectivity index (χ0) is 11.7. The summed E-state index contributed by atoms with van der Waals surface area (Å²) in [5.41, 5.74) is 6.07. The van der Waals surface area contributed by atoms with E-state index < -0.39 is 14.8 Å². The van der Waals surface area contributed by atoms with Crippen LogP contribution in [0.25, 0.3) is 0 Å². The molecule has 0 aromatic carbocycles. The largest absolute Gasteiger partial charge is 0.326 e. The first kappa shape index (κ1) is 12.0. The first-order chi connectivity index (χ1) is 6.78. The first-order valence-electron chi connectivity index (χ1n) is 4.52. The fourth-order valence-electron chi connectivity index (χ4n) is 0.842. The molecule has 86 valence electrons. The third kappa shape index (κ3) is 2.48. The Morgan fingerprint density at radius 1 is 1.53 bits per heavy atom. The number of nitrogens with one attached hydrogen (secondary N) is 2. The van der Waals surface area contributed by atoms with Gasteiger partial charge in [0.25, 0.3) is 0 Å². The number of aromatic nitrogens is 2. The minimum absolute atomic E-state index is 0.235. The van der Waals surface area contributed by atoms with Gasteiger partial charge in [0.1, 0.15) is 5.82 Å². The third-order valence-corrected chi connectivity index (χ3v) is 4.07. The van der Waals surface area contributed by atoms with Gasteiger partial charge in [0, 0.05) is 12.1 Å². The molecule has 0 unspecified atom stereocenters. The van der Waals surface area contributed by atoms with E-state index in [4.69, 9.17) is 5.73 Å². The lowest BCUT2D eigenvalue weighted by atomic mass is 10.3. The highest BCUT2D eigenvalue weighted by molar-refractivity contribution is 7.94.